The molecule has 0 aliphatic carbocycles. The molecule has 1 unspecified atom stereocenters. The fourth-order valence-corrected chi connectivity index (χ4v) is 4.66. The molecule has 1 aliphatic rings. The van der Waals surface area contributed by atoms with Crippen molar-refractivity contribution in [3.05, 3.63) is 66.2 Å². The summed E-state index contributed by atoms with van der Waals surface area (Å²) in [6.45, 7) is 3.08. The highest BCUT2D eigenvalue weighted by Crippen LogP contribution is 2.10. The molecule has 0 aromatic heterocycles. The van der Waals surface area contributed by atoms with Crippen LogP contribution in [0.5, 0.6) is 0 Å². The molecule has 0 radical (unpaired) electrons. The molecule has 1 atom stereocenters. The molecule has 1 aliphatic heterocycles. The molecule has 19 heavy (non-hydrogen) atoms. The van der Waals surface area contributed by atoms with Gasteiger partial charge >= 0.3 is 0 Å². The molecule has 2 aromatic rings. The summed E-state index contributed by atoms with van der Waals surface area (Å²) in [4.78, 5) is 0. The zero-order valence-electron chi connectivity index (χ0n) is 11.6. The van der Waals surface area contributed by atoms with Gasteiger partial charge in [-0.1, -0.05) is 72.6 Å². The van der Waals surface area contributed by atoms with Crippen molar-refractivity contribution in [2.75, 3.05) is 6.61 Å². The summed E-state index contributed by atoms with van der Waals surface area (Å²) in [5.41, 5.74) is 1.32. The van der Waals surface area contributed by atoms with E-state index in [1.54, 1.807) is 0 Å². The van der Waals surface area contributed by atoms with E-state index in [9.17, 15) is 0 Å². The first-order valence-corrected chi connectivity index (χ1v) is 8.91. The Morgan fingerprint density at radius 1 is 0.842 bits per heavy atom. The van der Waals surface area contributed by atoms with E-state index >= 15 is 0 Å². The summed E-state index contributed by atoms with van der Waals surface area (Å²) in [6, 6.07) is 22.3. The van der Waals surface area contributed by atoms with Crippen molar-refractivity contribution < 1.29 is 4.43 Å². The van der Waals surface area contributed by atoms with Crippen molar-refractivity contribution in [3.8, 4) is 0 Å². The number of benzene rings is 2. The summed E-state index contributed by atoms with van der Waals surface area (Å²) in [5.74, 6) is 0. The molecule has 3 rings (SSSR count). The largest absolute Gasteiger partial charge is 0.415 e. The quantitative estimate of drug-likeness (QED) is 0.722. The van der Waals surface area contributed by atoms with Gasteiger partial charge in [0, 0.05) is 6.61 Å². The molecule has 100 valence electrons. The monoisotopic (exact) mass is 270 g/mol. The smallest absolute Gasteiger partial charge is 0.208 e. The van der Waals surface area contributed by atoms with Crippen LogP contribution in [0, 0.1) is 6.92 Å². The highest BCUT2D eigenvalue weighted by molar-refractivity contribution is 6.67. The Hall–Kier alpha value is -1.38. The molecule has 1 fully saturated rings. The fraction of sp³-hybridized carbons (Fsp3) is 0.294. The van der Waals surface area contributed by atoms with Gasteiger partial charge in [-0.3, -0.25) is 0 Å². The van der Waals surface area contributed by atoms with Crippen LogP contribution >= 0.6 is 0 Å². The molecule has 2 heteroatoms. The van der Waals surface area contributed by atoms with Gasteiger partial charge in [-0.15, -0.1) is 0 Å². The third kappa shape index (κ3) is 5.01. The molecule has 0 spiro atoms. The van der Waals surface area contributed by atoms with E-state index in [0.717, 1.165) is 6.61 Å². The van der Waals surface area contributed by atoms with Crippen LogP contribution in [0.25, 0.3) is 0 Å². The van der Waals surface area contributed by atoms with E-state index in [2.05, 4.69) is 49.4 Å². The van der Waals surface area contributed by atoms with Crippen molar-refractivity contribution >= 4 is 14.2 Å². The molecular formula is C17H22OSi. The highest BCUT2D eigenvalue weighted by atomic mass is 28.3. The number of hydrogen-bond donors (Lipinski definition) is 0. The molecule has 0 N–H and O–H groups in total. The minimum Gasteiger partial charge on any atom is -0.415 e. The van der Waals surface area contributed by atoms with Crippen molar-refractivity contribution in [1.29, 1.82) is 0 Å². The van der Waals surface area contributed by atoms with E-state index in [4.69, 9.17) is 4.43 Å². The predicted molar refractivity (Wildman–Crippen MR) is 84.4 cm³/mol. The van der Waals surface area contributed by atoms with Crippen molar-refractivity contribution in [2.45, 2.75) is 25.8 Å². The average molecular weight is 270 g/mol. The van der Waals surface area contributed by atoms with E-state index in [1.165, 1.54) is 29.6 Å². The minimum absolute atomic E-state index is 0.984. The molecule has 1 nitrogen and oxygen atoms in total. The molecule has 0 bridgehead atoms. The summed E-state index contributed by atoms with van der Waals surface area (Å²) in [5, 5.41) is 1.47. The molecule has 0 amide bonds. The Labute approximate surface area is 118 Å². The van der Waals surface area contributed by atoms with E-state index in [-0.39, 0.29) is 0 Å². The van der Waals surface area contributed by atoms with Gasteiger partial charge < -0.3 is 4.43 Å². The Morgan fingerprint density at radius 3 is 1.95 bits per heavy atom. The van der Waals surface area contributed by atoms with Gasteiger partial charge in [-0.05, 0) is 24.6 Å². The Bertz CT molecular complexity index is 449. The maximum atomic E-state index is 5.80. The minimum atomic E-state index is -0.984. The second-order valence-electron chi connectivity index (χ2n) is 4.92. The summed E-state index contributed by atoms with van der Waals surface area (Å²) >= 11 is 0. The number of rotatable bonds is 1. The lowest BCUT2D eigenvalue weighted by Crippen LogP contribution is -2.36. The maximum Gasteiger partial charge on any atom is 0.208 e. The van der Waals surface area contributed by atoms with Crippen LogP contribution in [0.4, 0.5) is 0 Å². The van der Waals surface area contributed by atoms with Crippen LogP contribution in [-0.2, 0) is 4.43 Å². The summed E-state index contributed by atoms with van der Waals surface area (Å²) in [6.07, 6.45) is 2.63. The van der Waals surface area contributed by atoms with Gasteiger partial charge in [-0.2, -0.15) is 0 Å². The Morgan fingerprint density at radius 2 is 1.47 bits per heavy atom. The van der Waals surface area contributed by atoms with Gasteiger partial charge in [-0.25, -0.2) is 0 Å². The van der Waals surface area contributed by atoms with Gasteiger partial charge in [0.2, 0.25) is 9.04 Å². The molecule has 0 saturated carbocycles. The standard InChI is InChI=1S/C10H14OSi.C7H8/c1-2-6-10(7-3-1)12-9-5-4-8-11-12;1-7-5-3-2-4-6-7/h1-3,6-7,12H,4-5,8-9H2;2-6H,1H3. The lowest BCUT2D eigenvalue weighted by atomic mass is 10.2. The van der Waals surface area contributed by atoms with Crippen molar-refractivity contribution in [3.63, 3.8) is 0 Å². The van der Waals surface area contributed by atoms with E-state index in [0.29, 0.717) is 0 Å². The van der Waals surface area contributed by atoms with Gasteiger partial charge in [0.05, 0.1) is 0 Å². The number of hydrogen-bond acceptors (Lipinski definition) is 1. The second kappa shape index (κ2) is 7.92. The van der Waals surface area contributed by atoms with Gasteiger partial charge in [0.15, 0.2) is 0 Å². The predicted octanol–water partition coefficient (Wildman–Crippen LogP) is 3.42. The third-order valence-corrected chi connectivity index (χ3v) is 5.99. The fourth-order valence-electron chi connectivity index (χ4n) is 2.21. The van der Waals surface area contributed by atoms with Gasteiger partial charge in [0.25, 0.3) is 0 Å². The Balaban J connectivity index is 0.000000163. The molecule has 2 aromatic carbocycles. The second-order valence-corrected chi connectivity index (χ2v) is 7.48. The van der Waals surface area contributed by atoms with Crippen LogP contribution in [0.15, 0.2) is 60.7 Å². The first kappa shape index (κ1) is 14.0. The summed E-state index contributed by atoms with van der Waals surface area (Å²) in [7, 11) is -0.984. The van der Waals surface area contributed by atoms with Gasteiger partial charge in [0.1, 0.15) is 0 Å². The lowest BCUT2D eigenvalue weighted by Gasteiger charge is -2.21. The summed E-state index contributed by atoms with van der Waals surface area (Å²) < 4.78 is 5.80. The average Bonchev–Trinajstić information content (AvgIpc) is 2.51. The third-order valence-electron chi connectivity index (χ3n) is 3.29. The number of aryl methyl sites for hydroxylation is 1. The maximum absolute atomic E-state index is 5.80. The molecule has 1 heterocycles. The van der Waals surface area contributed by atoms with Crippen LogP contribution in [0.2, 0.25) is 6.04 Å². The van der Waals surface area contributed by atoms with Crippen LogP contribution in [0.1, 0.15) is 18.4 Å². The van der Waals surface area contributed by atoms with Crippen LogP contribution < -0.4 is 5.19 Å². The SMILES string of the molecule is Cc1ccccc1.c1ccc([SiH]2CCCCO2)cc1. The lowest BCUT2D eigenvalue weighted by molar-refractivity contribution is 0.294. The van der Waals surface area contributed by atoms with E-state index in [1.807, 2.05) is 18.2 Å². The molecule has 1 saturated heterocycles. The van der Waals surface area contributed by atoms with Crippen LogP contribution in [0.3, 0.4) is 0 Å². The zero-order chi connectivity index (χ0) is 13.3. The topological polar surface area (TPSA) is 9.23 Å². The van der Waals surface area contributed by atoms with E-state index < -0.39 is 9.04 Å². The molecular weight excluding hydrogens is 248 g/mol. The Kier molecular flexibility index (Phi) is 5.85. The normalized spacial score (nSPS) is 18.3. The van der Waals surface area contributed by atoms with Crippen molar-refractivity contribution in [2.24, 2.45) is 0 Å². The highest BCUT2D eigenvalue weighted by Gasteiger charge is 2.17. The first-order chi connectivity index (χ1) is 9.36. The van der Waals surface area contributed by atoms with Crippen molar-refractivity contribution in [1.82, 2.24) is 0 Å². The zero-order valence-corrected chi connectivity index (χ0v) is 12.7. The first-order valence-electron chi connectivity index (χ1n) is 7.04. The van der Waals surface area contributed by atoms with Crippen LogP contribution in [-0.4, -0.2) is 15.6 Å².